The first kappa shape index (κ1) is 19.8. The number of aliphatic carboxylic acids is 1. The van der Waals surface area contributed by atoms with Crippen molar-refractivity contribution in [3.8, 4) is 5.75 Å². The van der Waals surface area contributed by atoms with Gasteiger partial charge in [0, 0.05) is 36.4 Å². The number of carboxylic acids is 1. The minimum absolute atomic E-state index is 0.112. The fourth-order valence-corrected chi connectivity index (χ4v) is 4.08. The van der Waals surface area contributed by atoms with E-state index < -0.39 is 23.7 Å². The van der Waals surface area contributed by atoms with Gasteiger partial charge in [-0.15, -0.1) is 0 Å². The molecule has 7 nitrogen and oxygen atoms in total. The number of carboxylic acid groups (broad SMARTS) is 1. The molecule has 3 rings (SSSR count). The molecule has 0 spiro atoms. The summed E-state index contributed by atoms with van der Waals surface area (Å²) in [6.45, 7) is 3.08. The third kappa shape index (κ3) is 4.14. The van der Waals surface area contributed by atoms with Crippen molar-refractivity contribution in [3.05, 3.63) is 28.8 Å². The van der Waals surface area contributed by atoms with Crippen LogP contribution in [0.25, 0.3) is 0 Å². The van der Waals surface area contributed by atoms with Gasteiger partial charge in [0.25, 0.3) is 0 Å². The van der Waals surface area contributed by atoms with Crippen molar-refractivity contribution in [2.45, 2.75) is 44.2 Å². The lowest BCUT2D eigenvalue weighted by atomic mass is 9.72. The van der Waals surface area contributed by atoms with Crippen LogP contribution in [-0.2, 0) is 9.53 Å². The van der Waals surface area contributed by atoms with Crippen molar-refractivity contribution in [1.29, 1.82) is 0 Å². The SMILES string of the molecule is CCCCOC(=O)N1CCC2(N)Oc3ccc(Cl)cc3C(CC(=O)O)C2C1. The highest BCUT2D eigenvalue weighted by atomic mass is 35.5. The summed E-state index contributed by atoms with van der Waals surface area (Å²) < 4.78 is 11.4. The number of amides is 1. The Labute approximate surface area is 163 Å². The molecule has 3 N–H and O–H groups in total. The van der Waals surface area contributed by atoms with E-state index in [9.17, 15) is 14.7 Å². The van der Waals surface area contributed by atoms with Gasteiger partial charge in [0.1, 0.15) is 5.75 Å². The van der Waals surface area contributed by atoms with Gasteiger partial charge >= 0.3 is 12.1 Å². The smallest absolute Gasteiger partial charge is 0.409 e. The third-order valence-electron chi connectivity index (χ3n) is 5.35. The van der Waals surface area contributed by atoms with Crippen LogP contribution in [0.5, 0.6) is 5.75 Å². The molecule has 0 radical (unpaired) electrons. The molecule has 2 heterocycles. The van der Waals surface area contributed by atoms with Crippen molar-refractivity contribution >= 4 is 23.7 Å². The number of rotatable bonds is 5. The molecule has 27 heavy (non-hydrogen) atoms. The van der Waals surface area contributed by atoms with E-state index in [0.29, 0.717) is 30.3 Å². The number of benzene rings is 1. The van der Waals surface area contributed by atoms with Gasteiger partial charge in [-0.2, -0.15) is 0 Å². The summed E-state index contributed by atoms with van der Waals surface area (Å²) in [5, 5.41) is 9.94. The number of likely N-dealkylation sites (tertiary alicyclic amines) is 1. The minimum atomic E-state index is -1.03. The van der Waals surface area contributed by atoms with Gasteiger partial charge in [-0.25, -0.2) is 4.79 Å². The van der Waals surface area contributed by atoms with Crippen LogP contribution < -0.4 is 10.5 Å². The Morgan fingerprint density at radius 3 is 2.96 bits per heavy atom. The number of nitrogens with zero attached hydrogens (tertiary/aromatic N) is 1. The van der Waals surface area contributed by atoms with Crippen molar-refractivity contribution in [1.82, 2.24) is 4.90 Å². The van der Waals surface area contributed by atoms with E-state index in [0.717, 1.165) is 18.4 Å². The molecular formula is C19H25ClN2O5. The molecule has 148 valence electrons. The average molecular weight is 397 g/mol. The van der Waals surface area contributed by atoms with E-state index >= 15 is 0 Å². The highest BCUT2D eigenvalue weighted by Gasteiger charge is 2.51. The maximum absolute atomic E-state index is 12.4. The maximum Gasteiger partial charge on any atom is 0.409 e. The molecular weight excluding hydrogens is 372 g/mol. The molecule has 1 fully saturated rings. The number of piperidine rings is 1. The Hall–Kier alpha value is -1.99. The molecule has 1 aromatic carbocycles. The molecule has 0 saturated carbocycles. The van der Waals surface area contributed by atoms with Gasteiger partial charge < -0.3 is 19.5 Å². The van der Waals surface area contributed by atoms with Crippen LogP contribution in [0, 0.1) is 5.92 Å². The lowest BCUT2D eigenvalue weighted by molar-refractivity contribution is -0.139. The monoisotopic (exact) mass is 396 g/mol. The molecule has 2 aliphatic heterocycles. The second-order valence-electron chi connectivity index (χ2n) is 7.21. The zero-order chi connectivity index (χ0) is 19.6. The van der Waals surface area contributed by atoms with Gasteiger partial charge in [0.15, 0.2) is 5.72 Å². The fraction of sp³-hybridized carbons (Fsp3) is 0.579. The first-order chi connectivity index (χ1) is 12.8. The number of ether oxygens (including phenoxy) is 2. The standard InChI is InChI=1S/C19H25ClN2O5/c1-2-3-8-26-18(25)22-7-6-19(21)15(11-22)13(10-17(23)24)14-9-12(20)4-5-16(14)27-19/h4-5,9,13,15H,2-3,6-8,10-11,21H2,1H3,(H,23,24). The first-order valence-electron chi connectivity index (χ1n) is 9.25. The van der Waals surface area contributed by atoms with Gasteiger partial charge in [-0.3, -0.25) is 10.5 Å². The maximum atomic E-state index is 12.4. The van der Waals surface area contributed by atoms with E-state index in [-0.39, 0.29) is 18.9 Å². The Morgan fingerprint density at radius 1 is 1.48 bits per heavy atom. The molecule has 3 atom stereocenters. The van der Waals surface area contributed by atoms with E-state index in [2.05, 4.69) is 0 Å². The van der Waals surface area contributed by atoms with Crippen molar-refractivity contribution in [2.24, 2.45) is 11.7 Å². The molecule has 0 aromatic heterocycles. The number of unbranched alkanes of at least 4 members (excludes halogenated alkanes) is 1. The van der Waals surface area contributed by atoms with Crippen LogP contribution in [-0.4, -0.2) is 47.5 Å². The van der Waals surface area contributed by atoms with Crippen molar-refractivity contribution < 1.29 is 24.2 Å². The lowest BCUT2D eigenvalue weighted by Gasteiger charge is -2.51. The summed E-state index contributed by atoms with van der Waals surface area (Å²) in [7, 11) is 0. The molecule has 1 saturated heterocycles. The van der Waals surface area contributed by atoms with Crippen LogP contribution in [0.15, 0.2) is 18.2 Å². The predicted molar refractivity (Wildman–Crippen MR) is 99.9 cm³/mol. The third-order valence-corrected chi connectivity index (χ3v) is 5.59. The van der Waals surface area contributed by atoms with Gasteiger partial charge in [-0.1, -0.05) is 24.9 Å². The largest absolute Gasteiger partial charge is 0.481 e. The first-order valence-corrected chi connectivity index (χ1v) is 9.62. The molecule has 1 amide bonds. The highest BCUT2D eigenvalue weighted by molar-refractivity contribution is 6.30. The molecule has 0 bridgehead atoms. The molecule has 3 unspecified atom stereocenters. The number of carbonyl (C=O) groups excluding carboxylic acids is 1. The average Bonchev–Trinajstić information content (AvgIpc) is 2.61. The number of halogens is 1. The number of fused-ring (bicyclic) bond motifs is 2. The summed E-state index contributed by atoms with van der Waals surface area (Å²) in [6.07, 6.45) is 1.64. The molecule has 2 aliphatic rings. The van der Waals surface area contributed by atoms with E-state index in [1.807, 2.05) is 6.92 Å². The van der Waals surface area contributed by atoms with E-state index in [1.165, 1.54) is 0 Å². The normalized spacial score (nSPS) is 26.6. The summed E-state index contributed by atoms with van der Waals surface area (Å²) >= 11 is 6.12. The van der Waals surface area contributed by atoms with Crippen molar-refractivity contribution in [2.75, 3.05) is 19.7 Å². The van der Waals surface area contributed by atoms with Gasteiger partial charge in [0.2, 0.25) is 0 Å². The minimum Gasteiger partial charge on any atom is -0.481 e. The zero-order valence-corrected chi connectivity index (χ0v) is 16.1. The molecule has 1 aromatic rings. The van der Waals surface area contributed by atoms with Gasteiger partial charge in [0.05, 0.1) is 13.0 Å². The Kier molecular flexibility index (Phi) is 5.81. The van der Waals surface area contributed by atoms with Crippen LogP contribution in [0.4, 0.5) is 4.79 Å². The predicted octanol–water partition coefficient (Wildman–Crippen LogP) is 3.20. The Bertz CT molecular complexity index is 728. The summed E-state index contributed by atoms with van der Waals surface area (Å²) in [5.74, 6) is -1.14. The van der Waals surface area contributed by atoms with Crippen molar-refractivity contribution in [3.63, 3.8) is 0 Å². The quantitative estimate of drug-likeness (QED) is 0.741. The van der Waals surface area contributed by atoms with E-state index in [1.54, 1.807) is 23.1 Å². The van der Waals surface area contributed by atoms with Crippen LogP contribution >= 0.6 is 11.6 Å². The number of nitrogens with two attached hydrogens (primary N) is 1. The van der Waals surface area contributed by atoms with Crippen LogP contribution in [0.2, 0.25) is 5.02 Å². The second-order valence-corrected chi connectivity index (χ2v) is 7.65. The van der Waals surface area contributed by atoms with Crippen LogP contribution in [0.1, 0.15) is 44.1 Å². The number of carbonyl (C=O) groups is 2. The van der Waals surface area contributed by atoms with Crippen LogP contribution in [0.3, 0.4) is 0 Å². The van der Waals surface area contributed by atoms with E-state index in [4.69, 9.17) is 26.8 Å². The van der Waals surface area contributed by atoms with Gasteiger partial charge in [-0.05, 0) is 30.2 Å². The second kappa shape index (κ2) is 7.94. The number of hydrogen-bond donors (Lipinski definition) is 2. The zero-order valence-electron chi connectivity index (χ0n) is 15.3. The lowest BCUT2D eigenvalue weighted by Crippen LogP contribution is -2.64. The summed E-state index contributed by atoms with van der Waals surface area (Å²) in [4.78, 5) is 25.5. The fourth-order valence-electron chi connectivity index (χ4n) is 3.90. The Balaban J connectivity index is 1.86. The summed E-state index contributed by atoms with van der Waals surface area (Å²) in [5.41, 5.74) is 6.23. The number of hydrogen-bond acceptors (Lipinski definition) is 5. The summed E-state index contributed by atoms with van der Waals surface area (Å²) in [6, 6.07) is 5.15. The highest BCUT2D eigenvalue weighted by Crippen LogP contribution is 2.48. The molecule has 0 aliphatic carbocycles. The topological polar surface area (TPSA) is 102 Å². The molecule has 8 heteroatoms. The Morgan fingerprint density at radius 2 is 2.26 bits per heavy atom.